The van der Waals surface area contributed by atoms with Gasteiger partial charge in [0, 0.05) is 32.5 Å². The molecule has 1 saturated heterocycles. The fourth-order valence-electron chi connectivity index (χ4n) is 2.37. The number of nitrogens with one attached hydrogen (secondary N) is 1. The number of hydrogen-bond donors (Lipinski definition) is 1. The van der Waals surface area contributed by atoms with Crippen LogP contribution in [0, 0.1) is 12.8 Å². The van der Waals surface area contributed by atoms with Gasteiger partial charge in [-0.05, 0) is 32.1 Å². The van der Waals surface area contributed by atoms with Crippen molar-refractivity contribution >= 4 is 5.95 Å². The molecule has 1 aliphatic rings. The zero-order valence-electron chi connectivity index (χ0n) is 11.6. The van der Waals surface area contributed by atoms with Crippen molar-refractivity contribution in [2.75, 3.05) is 25.1 Å². The topological polar surface area (TPSA) is 39.1 Å². The van der Waals surface area contributed by atoms with Gasteiger partial charge < -0.3 is 14.6 Å². The van der Waals surface area contributed by atoms with Gasteiger partial charge in [0.1, 0.15) is 0 Å². The lowest BCUT2D eigenvalue weighted by Gasteiger charge is -2.22. The second-order valence-corrected chi connectivity index (χ2v) is 5.19. The molecule has 1 N–H and O–H groups in total. The van der Waals surface area contributed by atoms with Crippen molar-refractivity contribution in [2.45, 2.75) is 46.1 Å². The highest BCUT2D eigenvalue weighted by Crippen LogP contribution is 2.16. The molecule has 1 aromatic heterocycles. The second kappa shape index (κ2) is 6.78. The summed E-state index contributed by atoms with van der Waals surface area (Å²) in [5.41, 5.74) is 1.10. The molecule has 18 heavy (non-hydrogen) atoms. The van der Waals surface area contributed by atoms with Crippen LogP contribution in [0.2, 0.25) is 0 Å². The quantitative estimate of drug-likeness (QED) is 0.845. The summed E-state index contributed by atoms with van der Waals surface area (Å²) >= 11 is 0. The molecule has 0 bridgehead atoms. The summed E-state index contributed by atoms with van der Waals surface area (Å²) in [5, 5.41) is 3.51. The minimum absolute atomic E-state index is 0.732. The van der Waals surface area contributed by atoms with Crippen LogP contribution in [-0.4, -0.2) is 29.3 Å². The van der Waals surface area contributed by atoms with Crippen LogP contribution >= 0.6 is 0 Å². The van der Waals surface area contributed by atoms with Crippen LogP contribution in [-0.2, 0) is 11.3 Å². The van der Waals surface area contributed by atoms with Crippen LogP contribution in [0.5, 0.6) is 0 Å². The lowest BCUT2D eigenvalue weighted by molar-refractivity contribution is 0.0699. The third-order valence-electron chi connectivity index (χ3n) is 3.54. The maximum Gasteiger partial charge on any atom is 0.203 e. The first-order valence-corrected chi connectivity index (χ1v) is 7.15. The fourth-order valence-corrected chi connectivity index (χ4v) is 2.37. The van der Waals surface area contributed by atoms with E-state index in [1.807, 2.05) is 0 Å². The Morgan fingerprint density at radius 3 is 2.94 bits per heavy atom. The van der Waals surface area contributed by atoms with Gasteiger partial charge in [0.15, 0.2) is 0 Å². The minimum atomic E-state index is 0.732. The van der Waals surface area contributed by atoms with Gasteiger partial charge in [-0.15, -0.1) is 0 Å². The van der Waals surface area contributed by atoms with E-state index in [0.29, 0.717) is 0 Å². The van der Waals surface area contributed by atoms with E-state index in [1.165, 1.54) is 25.7 Å². The number of aryl methyl sites for hydroxylation is 2. The van der Waals surface area contributed by atoms with Crippen LogP contribution in [0.1, 0.15) is 38.3 Å². The first-order chi connectivity index (χ1) is 8.79. The number of rotatable bonds is 6. The molecule has 0 radical (unpaired) electrons. The minimum Gasteiger partial charge on any atom is -0.381 e. The van der Waals surface area contributed by atoms with Gasteiger partial charge in [-0.25, -0.2) is 4.98 Å². The van der Waals surface area contributed by atoms with E-state index in [4.69, 9.17) is 4.74 Å². The summed E-state index contributed by atoms with van der Waals surface area (Å²) in [5.74, 6) is 1.77. The summed E-state index contributed by atoms with van der Waals surface area (Å²) in [6.07, 6.45) is 6.91. The molecule has 0 aliphatic carbocycles. The zero-order valence-corrected chi connectivity index (χ0v) is 11.6. The van der Waals surface area contributed by atoms with Crippen molar-refractivity contribution in [1.29, 1.82) is 0 Å². The second-order valence-electron chi connectivity index (χ2n) is 5.19. The Labute approximate surface area is 110 Å². The number of hydrogen-bond acceptors (Lipinski definition) is 3. The Morgan fingerprint density at radius 2 is 2.22 bits per heavy atom. The molecule has 4 nitrogen and oxygen atoms in total. The maximum absolute atomic E-state index is 5.38. The Hall–Kier alpha value is -1.03. The van der Waals surface area contributed by atoms with Crippen LogP contribution < -0.4 is 5.32 Å². The van der Waals surface area contributed by atoms with E-state index in [2.05, 4.69) is 34.9 Å². The van der Waals surface area contributed by atoms with Gasteiger partial charge in [-0.3, -0.25) is 0 Å². The summed E-state index contributed by atoms with van der Waals surface area (Å²) in [6, 6.07) is 0. The van der Waals surface area contributed by atoms with Gasteiger partial charge >= 0.3 is 0 Å². The van der Waals surface area contributed by atoms with E-state index in [0.717, 1.165) is 43.9 Å². The van der Waals surface area contributed by atoms with Crippen LogP contribution in [0.15, 0.2) is 6.20 Å². The molecule has 2 heterocycles. The standard InChI is InChI=1S/C14H25N3O/c1-3-4-7-17-11-12(2)16-14(17)15-10-13-5-8-18-9-6-13/h11,13H,3-10H2,1-2H3,(H,15,16). The van der Waals surface area contributed by atoms with Gasteiger partial charge in [-0.2, -0.15) is 0 Å². The summed E-state index contributed by atoms with van der Waals surface area (Å²) in [7, 11) is 0. The molecule has 2 rings (SSSR count). The lowest BCUT2D eigenvalue weighted by Crippen LogP contribution is -2.23. The van der Waals surface area contributed by atoms with Crippen LogP contribution in [0.4, 0.5) is 5.95 Å². The molecular formula is C14H25N3O. The molecule has 4 heteroatoms. The lowest BCUT2D eigenvalue weighted by atomic mass is 10.0. The summed E-state index contributed by atoms with van der Waals surface area (Å²) < 4.78 is 7.63. The maximum atomic E-state index is 5.38. The smallest absolute Gasteiger partial charge is 0.203 e. The number of ether oxygens (including phenoxy) is 1. The van der Waals surface area contributed by atoms with Gasteiger partial charge in [0.2, 0.25) is 5.95 Å². The molecule has 1 aromatic rings. The van der Waals surface area contributed by atoms with Crippen molar-refractivity contribution in [3.8, 4) is 0 Å². The normalized spacial score (nSPS) is 17.0. The third-order valence-corrected chi connectivity index (χ3v) is 3.54. The van der Waals surface area contributed by atoms with Gasteiger partial charge in [0.05, 0.1) is 5.69 Å². The molecule has 0 amide bonds. The van der Waals surface area contributed by atoms with E-state index >= 15 is 0 Å². The molecule has 0 atom stereocenters. The fraction of sp³-hybridized carbons (Fsp3) is 0.786. The van der Waals surface area contributed by atoms with Crippen molar-refractivity contribution in [2.24, 2.45) is 5.92 Å². The van der Waals surface area contributed by atoms with Crippen molar-refractivity contribution < 1.29 is 4.74 Å². The molecule has 1 fully saturated rings. The Bertz CT molecular complexity index is 356. The first kappa shape index (κ1) is 13.4. The number of anilines is 1. The van der Waals surface area contributed by atoms with E-state index in [-0.39, 0.29) is 0 Å². The third kappa shape index (κ3) is 3.73. The Morgan fingerprint density at radius 1 is 1.44 bits per heavy atom. The largest absolute Gasteiger partial charge is 0.381 e. The highest BCUT2D eigenvalue weighted by molar-refractivity contribution is 5.28. The van der Waals surface area contributed by atoms with Gasteiger partial charge in [0.25, 0.3) is 0 Å². The average Bonchev–Trinajstić information content (AvgIpc) is 2.75. The van der Waals surface area contributed by atoms with Crippen LogP contribution in [0.25, 0.3) is 0 Å². The number of imidazole rings is 1. The highest BCUT2D eigenvalue weighted by atomic mass is 16.5. The zero-order chi connectivity index (χ0) is 12.8. The highest BCUT2D eigenvalue weighted by Gasteiger charge is 2.14. The Kier molecular flexibility index (Phi) is 5.05. The molecule has 102 valence electrons. The molecule has 0 aromatic carbocycles. The molecule has 0 spiro atoms. The van der Waals surface area contributed by atoms with E-state index in [1.54, 1.807) is 0 Å². The molecule has 0 saturated carbocycles. The number of unbranched alkanes of at least 4 members (excludes halogenated alkanes) is 1. The van der Waals surface area contributed by atoms with E-state index in [9.17, 15) is 0 Å². The predicted molar refractivity (Wildman–Crippen MR) is 73.9 cm³/mol. The number of nitrogens with zero attached hydrogens (tertiary/aromatic N) is 2. The molecule has 1 aliphatic heterocycles. The average molecular weight is 251 g/mol. The monoisotopic (exact) mass is 251 g/mol. The van der Waals surface area contributed by atoms with Crippen molar-refractivity contribution in [3.63, 3.8) is 0 Å². The first-order valence-electron chi connectivity index (χ1n) is 7.15. The number of aromatic nitrogens is 2. The van der Waals surface area contributed by atoms with Crippen molar-refractivity contribution in [3.05, 3.63) is 11.9 Å². The molecular weight excluding hydrogens is 226 g/mol. The molecule has 0 unspecified atom stereocenters. The summed E-state index contributed by atoms with van der Waals surface area (Å²) in [4.78, 5) is 4.57. The SMILES string of the molecule is CCCCn1cc(C)nc1NCC1CCOCC1. The predicted octanol–water partition coefficient (Wildman–Crippen LogP) is 2.83. The summed E-state index contributed by atoms with van der Waals surface area (Å²) in [6.45, 7) is 8.19. The van der Waals surface area contributed by atoms with Crippen LogP contribution in [0.3, 0.4) is 0 Å². The Balaban J connectivity index is 1.86. The van der Waals surface area contributed by atoms with E-state index < -0.39 is 0 Å². The van der Waals surface area contributed by atoms with Crippen molar-refractivity contribution in [1.82, 2.24) is 9.55 Å². The van der Waals surface area contributed by atoms with Gasteiger partial charge in [-0.1, -0.05) is 13.3 Å².